The largest absolute Gasteiger partial charge is 0.475 e. The number of nitrogens with one attached hydrogen (secondary N) is 3. The second-order valence-electron chi connectivity index (χ2n) is 6.25. The van der Waals surface area contributed by atoms with Gasteiger partial charge in [-0.05, 0) is 12.5 Å². The summed E-state index contributed by atoms with van der Waals surface area (Å²) in [5, 5.41) is 15.5. The molecule has 28 heavy (non-hydrogen) atoms. The molecule has 10 heteroatoms. The molecule has 4 rings (SSSR count). The molecule has 0 bridgehead atoms. The van der Waals surface area contributed by atoms with Crippen molar-refractivity contribution in [1.29, 1.82) is 0 Å². The van der Waals surface area contributed by atoms with E-state index in [9.17, 15) is 9.59 Å². The first-order valence-corrected chi connectivity index (χ1v) is 8.93. The van der Waals surface area contributed by atoms with Crippen LogP contribution in [0.15, 0.2) is 42.5 Å². The van der Waals surface area contributed by atoms with Crippen molar-refractivity contribution < 1.29 is 14.3 Å². The minimum atomic E-state index is -0.433. The van der Waals surface area contributed by atoms with Crippen molar-refractivity contribution in [1.82, 2.24) is 36.0 Å². The minimum absolute atomic E-state index is 0.113. The number of rotatable bonds is 6. The molecule has 1 aromatic carbocycles. The number of ether oxygens (including phenoxy) is 1. The van der Waals surface area contributed by atoms with E-state index >= 15 is 0 Å². The van der Waals surface area contributed by atoms with Gasteiger partial charge in [-0.2, -0.15) is 4.52 Å². The molecule has 2 aromatic heterocycles. The van der Waals surface area contributed by atoms with Gasteiger partial charge < -0.3 is 10.1 Å². The molecule has 0 aliphatic carbocycles. The van der Waals surface area contributed by atoms with E-state index in [1.165, 1.54) is 0 Å². The third kappa shape index (κ3) is 3.91. The van der Waals surface area contributed by atoms with Gasteiger partial charge in [-0.3, -0.25) is 15.0 Å². The van der Waals surface area contributed by atoms with Gasteiger partial charge in [0.05, 0.1) is 6.54 Å². The van der Waals surface area contributed by atoms with Gasteiger partial charge in [-0.25, -0.2) is 5.43 Å². The number of hydrazine groups is 1. The monoisotopic (exact) mass is 381 g/mol. The lowest BCUT2D eigenvalue weighted by Crippen LogP contribution is -2.55. The predicted octanol–water partition coefficient (Wildman–Crippen LogP) is 0.0695. The van der Waals surface area contributed by atoms with E-state index < -0.39 is 6.04 Å². The second kappa shape index (κ2) is 8.01. The highest BCUT2D eigenvalue weighted by Crippen LogP contribution is 2.18. The zero-order valence-electron chi connectivity index (χ0n) is 15.0. The van der Waals surface area contributed by atoms with Crippen LogP contribution in [0, 0.1) is 0 Å². The molecule has 2 amide bonds. The standard InChI is InChI=1S/C18H19N7O3/c26-15-8-6-13(20-22-15)18(27)19-10-11-28-16-9-7-14-21-23-17(25(14)24-16)12-4-2-1-3-5-12/h1-5,7,9,13,20H,6,8,10-11H2,(H,19,27)(H,22,26). The van der Waals surface area contributed by atoms with Crippen molar-refractivity contribution >= 4 is 17.5 Å². The maximum absolute atomic E-state index is 12.0. The van der Waals surface area contributed by atoms with E-state index in [0.29, 0.717) is 36.7 Å². The summed E-state index contributed by atoms with van der Waals surface area (Å²) in [5.41, 5.74) is 6.66. The van der Waals surface area contributed by atoms with Crippen LogP contribution in [-0.2, 0) is 9.59 Å². The van der Waals surface area contributed by atoms with Crippen LogP contribution in [0.2, 0.25) is 0 Å². The summed E-state index contributed by atoms with van der Waals surface area (Å²) in [6.07, 6.45) is 0.793. The molecule has 1 unspecified atom stereocenters. The van der Waals surface area contributed by atoms with Crippen molar-refractivity contribution in [3.8, 4) is 17.3 Å². The van der Waals surface area contributed by atoms with Crippen LogP contribution >= 0.6 is 0 Å². The summed E-state index contributed by atoms with van der Waals surface area (Å²) in [5.74, 6) is 0.733. The Morgan fingerprint density at radius 3 is 2.86 bits per heavy atom. The third-order valence-electron chi connectivity index (χ3n) is 4.28. The highest BCUT2D eigenvalue weighted by Gasteiger charge is 2.23. The fourth-order valence-corrected chi connectivity index (χ4v) is 2.84. The molecule has 0 radical (unpaired) electrons. The molecule has 1 aliphatic heterocycles. The average Bonchev–Trinajstić information content (AvgIpc) is 3.15. The molecule has 3 aromatic rings. The van der Waals surface area contributed by atoms with Gasteiger partial charge in [0.25, 0.3) is 0 Å². The first-order valence-electron chi connectivity index (χ1n) is 8.93. The maximum Gasteiger partial charge on any atom is 0.239 e. The van der Waals surface area contributed by atoms with Gasteiger partial charge in [0.2, 0.25) is 17.7 Å². The Bertz CT molecular complexity index is 979. The normalized spacial score (nSPS) is 16.6. The fourth-order valence-electron chi connectivity index (χ4n) is 2.84. The summed E-state index contributed by atoms with van der Waals surface area (Å²) >= 11 is 0. The van der Waals surface area contributed by atoms with Gasteiger partial charge >= 0.3 is 0 Å². The number of amides is 2. The summed E-state index contributed by atoms with van der Waals surface area (Å²) in [6.45, 7) is 0.574. The topological polar surface area (TPSA) is 123 Å². The van der Waals surface area contributed by atoms with Gasteiger partial charge in [0.15, 0.2) is 11.5 Å². The zero-order valence-corrected chi connectivity index (χ0v) is 15.0. The van der Waals surface area contributed by atoms with E-state index in [1.807, 2.05) is 30.3 Å². The first-order chi connectivity index (χ1) is 13.7. The molecular formula is C18H19N7O3. The molecule has 144 valence electrons. The van der Waals surface area contributed by atoms with E-state index in [0.717, 1.165) is 5.56 Å². The van der Waals surface area contributed by atoms with Crippen molar-refractivity contribution in [3.63, 3.8) is 0 Å². The molecule has 10 nitrogen and oxygen atoms in total. The number of carbonyl (C=O) groups is 2. The molecule has 1 fully saturated rings. The van der Waals surface area contributed by atoms with Crippen molar-refractivity contribution in [2.24, 2.45) is 0 Å². The SMILES string of the molecule is O=C1CCC(C(=O)NCCOc2ccc3nnc(-c4ccccc4)n3n2)NN1. The molecular weight excluding hydrogens is 362 g/mol. The van der Waals surface area contributed by atoms with Crippen LogP contribution in [0.4, 0.5) is 0 Å². The van der Waals surface area contributed by atoms with E-state index in [1.54, 1.807) is 16.6 Å². The molecule has 0 saturated carbocycles. The maximum atomic E-state index is 12.0. The van der Waals surface area contributed by atoms with Crippen LogP contribution in [-0.4, -0.2) is 50.8 Å². The number of benzene rings is 1. The lowest BCUT2D eigenvalue weighted by Gasteiger charge is -2.22. The summed E-state index contributed by atoms with van der Waals surface area (Å²) in [7, 11) is 0. The van der Waals surface area contributed by atoms with Gasteiger partial charge in [0.1, 0.15) is 12.6 Å². The number of hydrogen-bond acceptors (Lipinski definition) is 7. The Labute approximate surface area is 160 Å². The van der Waals surface area contributed by atoms with Crippen LogP contribution in [0.3, 0.4) is 0 Å². The van der Waals surface area contributed by atoms with Crippen molar-refractivity contribution in [2.75, 3.05) is 13.2 Å². The summed E-state index contributed by atoms with van der Waals surface area (Å²) in [4.78, 5) is 23.1. The van der Waals surface area contributed by atoms with Gasteiger partial charge in [-0.15, -0.1) is 15.3 Å². The molecule has 0 spiro atoms. The minimum Gasteiger partial charge on any atom is -0.475 e. The lowest BCUT2D eigenvalue weighted by molar-refractivity contribution is -0.128. The lowest BCUT2D eigenvalue weighted by atomic mass is 10.1. The Morgan fingerprint density at radius 2 is 2.07 bits per heavy atom. The van der Waals surface area contributed by atoms with Crippen LogP contribution in [0.5, 0.6) is 5.88 Å². The molecule has 3 N–H and O–H groups in total. The summed E-state index contributed by atoms with van der Waals surface area (Å²) in [6, 6.07) is 12.7. The van der Waals surface area contributed by atoms with Crippen molar-refractivity contribution in [3.05, 3.63) is 42.5 Å². The average molecular weight is 381 g/mol. The first kappa shape index (κ1) is 17.9. The van der Waals surface area contributed by atoms with Crippen LogP contribution < -0.4 is 20.9 Å². The number of nitrogens with zero attached hydrogens (tertiary/aromatic N) is 4. The van der Waals surface area contributed by atoms with Crippen LogP contribution in [0.1, 0.15) is 12.8 Å². The number of fused-ring (bicyclic) bond motifs is 1. The number of hydrogen-bond donors (Lipinski definition) is 3. The Kier molecular flexibility index (Phi) is 5.11. The highest BCUT2D eigenvalue weighted by atomic mass is 16.5. The summed E-state index contributed by atoms with van der Waals surface area (Å²) < 4.78 is 7.26. The van der Waals surface area contributed by atoms with Crippen LogP contribution in [0.25, 0.3) is 17.0 Å². The quantitative estimate of drug-likeness (QED) is 0.516. The third-order valence-corrected chi connectivity index (χ3v) is 4.28. The molecule has 1 aliphatic rings. The molecule has 1 atom stereocenters. The second-order valence-corrected chi connectivity index (χ2v) is 6.25. The zero-order chi connectivity index (χ0) is 19.3. The predicted molar refractivity (Wildman–Crippen MR) is 99.0 cm³/mol. The van der Waals surface area contributed by atoms with E-state index in [4.69, 9.17) is 4.74 Å². The number of carbonyl (C=O) groups excluding carboxylic acids is 2. The van der Waals surface area contributed by atoms with E-state index in [-0.39, 0.29) is 18.4 Å². The fraction of sp³-hybridized carbons (Fsp3) is 0.278. The van der Waals surface area contributed by atoms with Gasteiger partial charge in [-0.1, -0.05) is 30.3 Å². The van der Waals surface area contributed by atoms with Crippen molar-refractivity contribution in [2.45, 2.75) is 18.9 Å². The Balaban J connectivity index is 1.34. The highest BCUT2D eigenvalue weighted by molar-refractivity contribution is 5.85. The Morgan fingerprint density at radius 1 is 1.21 bits per heavy atom. The number of aromatic nitrogens is 4. The molecule has 1 saturated heterocycles. The van der Waals surface area contributed by atoms with E-state index in [2.05, 4.69) is 31.5 Å². The smallest absolute Gasteiger partial charge is 0.239 e. The Hall–Kier alpha value is -3.53. The molecule has 3 heterocycles. The van der Waals surface area contributed by atoms with Gasteiger partial charge in [0, 0.05) is 18.1 Å².